The number of rotatable bonds is 3. The molecule has 2 rings (SSSR count). The average Bonchev–Trinajstić information content (AvgIpc) is 2.98. The number of nitrogens with zero attached hydrogens (tertiary/aromatic N) is 1. The van der Waals surface area contributed by atoms with Crippen molar-refractivity contribution in [3.05, 3.63) is 29.6 Å². The van der Waals surface area contributed by atoms with Gasteiger partial charge < -0.3 is 5.32 Å². The summed E-state index contributed by atoms with van der Waals surface area (Å²) >= 11 is 3.41. The summed E-state index contributed by atoms with van der Waals surface area (Å²) in [7, 11) is 0. The molecule has 1 saturated carbocycles. The van der Waals surface area contributed by atoms with Crippen LogP contribution in [0.15, 0.2) is 18.2 Å². The van der Waals surface area contributed by atoms with Crippen LogP contribution >= 0.6 is 15.9 Å². The van der Waals surface area contributed by atoms with Crippen molar-refractivity contribution in [1.82, 2.24) is 10.3 Å². The molecule has 1 heterocycles. The minimum absolute atomic E-state index is 0.0114. The number of hydrogen-bond donors (Lipinski definition) is 1. The highest BCUT2D eigenvalue weighted by Crippen LogP contribution is 2.37. The van der Waals surface area contributed by atoms with E-state index in [1.165, 1.54) is 0 Å². The average molecular weight is 269 g/mol. The Kier molecular flexibility index (Phi) is 2.78. The minimum atomic E-state index is -0.0735. The normalized spacial score (nSPS) is 17.2. The van der Waals surface area contributed by atoms with Crippen LogP contribution in [0.25, 0.3) is 0 Å². The third-order valence-corrected chi connectivity index (χ3v) is 3.68. The van der Waals surface area contributed by atoms with Crippen LogP contribution in [0.5, 0.6) is 0 Å². The highest BCUT2D eigenvalue weighted by atomic mass is 79.9. The number of amides is 1. The zero-order valence-corrected chi connectivity index (χ0v) is 10.2. The zero-order chi connectivity index (χ0) is 10.9. The number of alkyl halides is 1. The smallest absolute Gasteiger partial charge is 0.270 e. The zero-order valence-electron chi connectivity index (χ0n) is 8.59. The molecule has 0 bridgehead atoms. The first kappa shape index (κ1) is 10.6. The standard InChI is InChI=1S/C11H13BrN2O/c1-8-3-2-4-9(13-8)10(15)14-11(7-12)5-6-11/h2-4H,5-7H2,1H3,(H,14,15). The topological polar surface area (TPSA) is 42.0 Å². The van der Waals surface area contributed by atoms with Crippen molar-refractivity contribution >= 4 is 21.8 Å². The van der Waals surface area contributed by atoms with Gasteiger partial charge in [0, 0.05) is 11.0 Å². The van der Waals surface area contributed by atoms with E-state index in [1.807, 2.05) is 19.1 Å². The second-order valence-electron chi connectivity index (χ2n) is 4.03. The molecule has 80 valence electrons. The lowest BCUT2D eigenvalue weighted by Gasteiger charge is -2.13. The molecule has 3 nitrogen and oxygen atoms in total. The van der Waals surface area contributed by atoms with Gasteiger partial charge in [-0.15, -0.1) is 0 Å². The van der Waals surface area contributed by atoms with Crippen LogP contribution in [-0.4, -0.2) is 21.8 Å². The van der Waals surface area contributed by atoms with E-state index in [-0.39, 0.29) is 11.4 Å². The lowest BCUT2D eigenvalue weighted by molar-refractivity contribution is 0.0931. The molecule has 1 amide bonds. The molecule has 0 spiro atoms. The fourth-order valence-electron chi connectivity index (χ4n) is 1.42. The molecule has 4 heteroatoms. The van der Waals surface area contributed by atoms with Gasteiger partial charge in [0.25, 0.3) is 5.91 Å². The molecule has 0 saturated heterocycles. The van der Waals surface area contributed by atoms with E-state index >= 15 is 0 Å². The molecule has 15 heavy (non-hydrogen) atoms. The van der Waals surface area contributed by atoms with Crippen molar-refractivity contribution in [3.8, 4) is 0 Å². The van der Waals surface area contributed by atoms with Crippen LogP contribution in [0.2, 0.25) is 0 Å². The van der Waals surface area contributed by atoms with Crippen molar-refractivity contribution < 1.29 is 4.79 Å². The van der Waals surface area contributed by atoms with Crippen LogP contribution in [-0.2, 0) is 0 Å². The molecule has 1 aliphatic rings. The molecule has 0 atom stereocenters. The van der Waals surface area contributed by atoms with Crippen molar-refractivity contribution in [2.75, 3.05) is 5.33 Å². The van der Waals surface area contributed by atoms with Crippen LogP contribution in [0, 0.1) is 6.92 Å². The quantitative estimate of drug-likeness (QED) is 0.853. The van der Waals surface area contributed by atoms with Gasteiger partial charge in [-0.2, -0.15) is 0 Å². The Balaban J connectivity index is 2.08. The maximum atomic E-state index is 11.8. The predicted octanol–water partition coefficient (Wildman–Crippen LogP) is 2.05. The van der Waals surface area contributed by atoms with Crippen molar-refractivity contribution in [1.29, 1.82) is 0 Å². The van der Waals surface area contributed by atoms with Crippen LogP contribution < -0.4 is 5.32 Å². The number of hydrogen-bond acceptors (Lipinski definition) is 2. The summed E-state index contributed by atoms with van der Waals surface area (Å²) in [5.74, 6) is -0.0735. The molecule has 1 fully saturated rings. The molecular formula is C11H13BrN2O. The van der Waals surface area contributed by atoms with E-state index in [0.29, 0.717) is 5.69 Å². The number of nitrogens with one attached hydrogen (secondary N) is 1. The van der Waals surface area contributed by atoms with E-state index in [2.05, 4.69) is 26.2 Å². The number of aryl methyl sites for hydroxylation is 1. The van der Waals surface area contributed by atoms with Gasteiger partial charge >= 0.3 is 0 Å². The van der Waals surface area contributed by atoms with E-state index in [9.17, 15) is 4.79 Å². The lowest BCUT2D eigenvalue weighted by Crippen LogP contribution is -2.38. The minimum Gasteiger partial charge on any atom is -0.344 e. The number of aromatic nitrogens is 1. The van der Waals surface area contributed by atoms with Gasteiger partial charge in [-0.05, 0) is 31.9 Å². The predicted molar refractivity (Wildman–Crippen MR) is 62.2 cm³/mol. The van der Waals surface area contributed by atoms with E-state index in [4.69, 9.17) is 0 Å². The maximum absolute atomic E-state index is 11.8. The molecule has 0 radical (unpaired) electrons. The Morgan fingerprint density at radius 1 is 1.60 bits per heavy atom. The number of carbonyl (C=O) groups is 1. The molecule has 1 aromatic heterocycles. The number of halogens is 1. The third-order valence-electron chi connectivity index (χ3n) is 2.61. The molecule has 1 N–H and O–H groups in total. The van der Waals surface area contributed by atoms with Crippen molar-refractivity contribution in [2.45, 2.75) is 25.3 Å². The highest BCUT2D eigenvalue weighted by Gasteiger charge is 2.43. The lowest BCUT2D eigenvalue weighted by atomic mass is 10.2. The van der Waals surface area contributed by atoms with Gasteiger partial charge in [-0.1, -0.05) is 22.0 Å². The Bertz CT molecular complexity index is 388. The fourth-order valence-corrected chi connectivity index (χ4v) is 2.12. The molecule has 1 aliphatic carbocycles. The summed E-state index contributed by atoms with van der Waals surface area (Å²) in [6, 6.07) is 5.48. The molecule has 1 aromatic rings. The van der Waals surface area contributed by atoms with Gasteiger partial charge in [0.05, 0.1) is 5.54 Å². The second-order valence-corrected chi connectivity index (χ2v) is 4.59. The van der Waals surface area contributed by atoms with Crippen LogP contribution in [0.1, 0.15) is 29.0 Å². The monoisotopic (exact) mass is 268 g/mol. The number of pyridine rings is 1. The summed E-state index contributed by atoms with van der Waals surface area (Å²) in [5, 5.41) is 3.83. The first-order chi connectivity index (χ1) is 7.15. The Morgan fingerprint density at radius 2 is 2.33 bits per heavy atom. The first-order valence-corrected chi connectivity index (χ1v) is 6.09. The Hall–Kier alpha value is -0.900. The summed E-state index contributed by atoms with van der Waals surface area (Å²) in [5.41, 5.74) is 1.36. The third kappa shape index (κ3) is 2.37. The number of carbonyl (C=O) groups excluding carboxylic acids is 1. The van der Waals surface area contributed by atoms with Gasteiger partial charge in [-0.25, -0.2) is 4.98 Å². The van der Waals surface area contributed by atoms with Gasteiger partial charge in [0.15, 0.2) is 0 Å². The second kappa shape index (κ2) is 3.93. The fraction of sp³-hybridized carbons (Fsp3) is 0.455. The van der Waals surface area contributed by atoms with Gasteiger partial charge in [-0.3, -0.25) is 4.79 Å². The Morgan fingerprint density at radius 3 is 2.87 bits per heavy atom. The maximum Gasteiger partial charge on any atom is 0.270 e. The first-order valence-electron chi connectivity index (χ1n) is 4.97. The summed E-state index contributed by atoms with van der Waals surface area (Å²) < 4.78 is 0. The molecule has 0 aromatic carbocycles. The van der Waals surface area contributed by atoms with E-state index < -0.39 is 0 Å². The molecule has 0 unspecified atom stereocenters. The summed E-state index contributed by atoms with van der Waals surface area (Å²) in [6.45, 7) is 1.88. The summed E-state index contributed by atoms with van der Waals surface area (Å²) in [4.78, 5) is 16.0. The highest BCUT2D eigenvalue weighted by molar-refractivity contribution is 9.09. The SMILES string of the molecule is Cc1cccc(C(=O)NC2(CBr)CC2)n1. The van der Waals surface area contributed by atoms with E-state index in [1.54, 1.807) is 6.07 Å². The summed E-state index contributed by atoms with van der Waals surface area (Å²) in [6.07, 6.45) is 2.10. The van der Waals surface area contributed by atoms with Gasteiger partial charge in [0.1, 0.15) is 5.69 Å². The van der Waals surface area contributed by atoms with Crippen LogP contribution in [0.4, 0.5) is 0 Å². The Labute approximate surface area is 97.4 Å². The van der Waals surface area contributed by atoms with Crippen molar-refractivity contribution in [2.24, 2.45) is 0 Å². The van der Waals surface area contributed by atoms with Gasteiger partial charge in [0.2, 0.25) is 0 Å². The molecular weight excluding hydrogens is 256 g/mol. The van der Waals surface area contributed by atoms with E-state index in [0.717, 1.165) is 23.9 Å². The van der Waals surface area contributed by atoms with Crippen LogP contribution in [0.3, 0.4) is 0 Å². The van der Waals surface area contributed by atoms with Crippen molar-refractivity contribution in [3.63, 3.8) is 0 Å². The molecule has 0 aliphatic heterocycles. The largest absolute Gasteiger partial charge is 0.344 e.